The maximum atomic E-state index is 14.1. The first kappa shape index (κ1) is 15.3. The molecule has 0 bridgehead atoms. The van der Waals surface area contributed by atoms with E-state index in [1.165, 1.54) is 6.07 Å². The van der Waals surface area contributed by atoms with E-state index in [1.807, 2.05) is 19.1 Å². The van der Waals surface area contributed by atoms with Crippen molar-refractivity contribution >= 4 is 0 Å². The summed E-state index contributed by atoms with van der Waals surface area (Å²) in [7, 11) is 0. The third-order valence-electron chi connectivity index (χ3n) is 3.65. The standard InChI is InChI=1S/C16H24FNO2/c1-3-7-18-12(2)15-5-4-14(9-16(15)17)20-11-13-6-8-19-10-13/h4-5,9,12-13,18H,3,6-8,10-11H2,1-2H3. The number of nitrogens with one attached hydrogen (secondary N) is 1. The molecule has 1 aliphatic rings. The van der Waals surface area contributed by atoms with Gasteiger partial charge in [0.1, 0.15) is 11.6 Å². The summed E-state index contributed by atoms with van der Waals surface area (Å²) < 4.78 is 25.0. The topological polar surface area (TPSA) is 30.5 Å². The fraction of sp³-hybridized carbons (Fsp3) is 0.625. The van der Waals surface area contributed by atoms with Crippen LogP contribution in [0.1, 0.15) is 38.3 Å². The molecule has 4 heteroatoms. The van der Waals surface area contributed by atoms with Gasteiger partial charge in [-0.25, -0.2) is 4.39 Å². The Morgan fingerprint density at radius 2 is 2.35 bits per heavy atom. The lowest BCUT2D eigenvalue weighted by Crippen LogP contribution is -2.20. The van der Waals surface area contributed by atoms with Crippen LogP contribution in [-0.2, 0) is 4.74 Å². The second-order valence-corrected chi connectivity index (χ2v) is 5.40. The smallest absolute Gasteiger partial charge is 0.131 e. The van der Waals surface area contributed by atoms with Crippen LogP contribution in [0.25, 0.3) is 0 Å². The van der Waals surface area contributed by atoms with Gasteiger partial charge in [-0.05, 0) is 32.4 Å². The predicted octanol–water partition coefficient (Wildman–Crippen LogP) is 3.30. The Hall–Kier alpha value is -1.13. The zero-order chi connectivity index (χ0) is 14.4. The van der Waals surface area contributed by atoms with Crippen LogP contribution in [0.5, 0.6) is 5.75 Å². The molecule has 0 radical (unpaired) electrons. The fourth-order valence-corrected chi connectivity index (χ4v) is 2.35. The SMILES string of the molecule is CCCNC(C)c1ccc(OCC2CCOC2)cc1F. The van der Waals surface area contributed by atoms with Gasteiger partial charge < -0.3 is 14.8 Å². The van der Waals surface area contributed by atoms with E-state index in [0.29, 0.717) is 23.8 Å². The van der Waals surface area contributed by atoms with Gasteiger partial charge in [-0.1, -0.05) is 13.0 Å². The number of ether oxygens (including phenoxy) is 2. The lowest BCUT2D eigenvalue weighted by atomic mass is 10.1. The molecule has 0 saturated carbocycles. The largest absolute Gasteiger partial charge is 0.493 e. The maximum Gasteiger partial charge on any atom is 0.131 e. The second kappa shape index (κ2) is 7.60. The molecule has 1 aromatic rings. The summed E-state index contributed by atoms with van der Waals surface area (Å²) in [5.41, 5.74) is 0.690. The molecule has 112 valence electrons. The number of hydrogen-bond donors (Lipinski definition) is 1. The van der Waals surface area contributed by atoms with Crippen molar-refractivity contribution < 1.29 is 13.9 Å². The van der Waals surface area contributed by atoms with Crippen molar-refractivity contribution in [2.24, 2.45) is 5.92 Å². The van der Waals surface area contributed by atoms with Gasteiger partial charge in [0.05, 0.1) is 13.2 Å². The molecular weight excluding hydrogens is 257 g/mol. The predicted molar refractivity (Wildman–Crippen MR) is 77.5 cm³/mol. The van der Waals surface area contributed by atoms with Crippen molar-refractivity contribution in [2.75, 3.05) is 26.4 Å². The van der Waals surface area contributed by atoms with Gasteiger partial charge >= 0.3 is 0 Å². The van der Waals surface area contributed by atoms with Gasteiger partial charge in [0.2, 0.25) is 0 Å². The van der Waals surface area contributed by atoms with Crippen molar-refractivity contribution in [3.63, 3.8) is 0 Å². The average Bonchev–Trinajstić information content (AvgIpc) is 2.96. The van der Waals surface area contributed by atoms with Crippen LogP contribution in [0, 0.1) is 11.7 Å². The fourth-order valence-electron chi connectivity index (χ4n) is 2.35. The van der Waals surface area contributed by atoms with E-state index in [0.717, 1.165) is 32.6 Å². The summed E-state index contributed by atoms with van der Waals surface area (Å²) in [4.78, 5) is 0. The van der Waals surface area contributed by atoms with E-state index in [9.17, 15) is 4.39 Å². The minimum Gasteiger partial charge on any atom is -0.493 e. The molecule has 2 rings (SSSR count). The molecule has 1 aliphatic heterocycles. The van der Waals surface area contributed by atoms with E-state index in [4.69, 9.17) is 9.47 Å². The first-order valence-electron chi connectivity index (χ1n) is 7.44. The summed E-state index contributed by atoms with van der Waals surface area (Å²) in [6, 6.07) is 5.16. The molecule has 1 saturated heterocycles. The molecule has 0 aliphatic carbocycles. The highest BCUT2D eigenvalue weighted by Gasteiger charge is 2.17. The zero-order valence-electron chi connectivity index (χ0n) is 12.3. The molecule has 1 aromatic carbocycles. The van der Waals surface area contributed by atoms with Gasteiger partial charge in [0.25, 0.3) is 0 Å². The van der Waals surface area contributed by atoms with Crippen LogP contribution in [-0.4, -0.2) is 26.4 Å². The van der Waals surface area contributed by atoms with Crippen molar-refractivity contribution in [2.45, 2.75) is 32.7 Å². The molecule has 1 N–H and O–H groups in total. The third-order valence-corrected chi connectivity index (χ3v) is 3.65. The van der Waals surface area contributed by atoms with Crippen LogP contribution in [0.2, 0.25) is 0 Å². The highest BCUT2D eigenvalue weighted by molar-refractivity contribution is 5.30. The maximum absolute atomic E-state index is 14.1. The van der Waals surface area contributed by atoms with E-state index >= 15 is 0 Å². The number of halogens is 1. The van der Waals surface area contributed by atoms with Gasteiger partial charge in [-0.15, -0.1) is 0 Å². The van der Waals surface area contributed by atoms with Crippen LogP contribution in [0.15, 0.2) is 18.2 Å². The Morgan fingerprint density at radius 3 is 3.00 bits per heavy atom. The van der Waals surface area contributed by atoms with Gasteiger partial charge in [-0.2, -0.15) is 0 Å². The average molecular weight is 281 g/mol. The first-order chi connectivity index (χ1) is 9.70. The molecule has 2 unspecified atom stereocenters. The van der Waals surface area contributed by atoms with Crippen LogP contribution >= 0.6 is 0 Å². The lowest BCUT2D eigenvalue weighted by molar-refractivity contribution is 0.167. The second-order valence-electron chi connectivity index (χ2n) is 5.40. The zero-order valence-corrected chi connectivity index (χ0v) is 12.3. The summed E-state index contributed by atoms with van der Waals surface area (Å²) in [5.74, 6) is 0.824. The molecule has 20 heavy (non-hydrogen) atoms. The first-order valence-corrected chi connectivity index (χ1v) is 7.44. The van der Waals surface area contributed by atoms with Crippen molar-refractivity contribution in [1.29, 1.82) is 0 Å². The number of hydrogen-bond acceptors (Lipinski definition) is 3. The Balaban J connectivity index is 1.90. The van der Waals surface area contributed by atoms with Gasteiger partial charge in [0.15, 0.2) is 0 Å². The normalized spacial score (nSPS) is 20.1. The molecule has 3 nitrogen and oxygen atoms in total. The summed E-state index contributed by atoms with van der Waals surface area (Å²) in [6.07, 6.45) is 2.06. The molecule has 1 heterocycles. The Labute approximate surface area is 120 Å². The Bertz CT molecular complexity index is 419. The highest BCUT2D eigenvalue weighted by Crippen LogP contribution is 2.23. The number of rotatable bonds is 7. The van der Waals surface area contributed by atoms with Crippen LogP contribution in [0.4, 0.5) is 4.39 Å². The Kier molecular flexibility index (Phi) is 5.80. The monoisotopic (exact) mass is 281 g/mol. The van der Waals surface area contributed by atoms with E-state index in [2.05, 4.69) is 12.2 Å². The van der Waals surface area contributed by atoms with Gasteiger partial charge in [0, 0.05) is 30.2 Å². The lowest BCUT2D eigenvalue weighted by Gasteiger charge is -2.16. The van der Waals surface area contributed by atoms with Crippen LogP contribution in [0.3, 0.4) is 0 Å². The molecule has 2 atom stereocenters. The van der Waals surface area contributed by atoms with Crippen molar-refractivity contribution in [3.8, 4) is 5.75 Å². The molecular formula is C16H24FNO2. The van der Waals surface area contributed by atoms with E-state index < -0.39 is 0 Å². The minimum atomic E-state index is -0.207. The molecule has 1 fully saturated rings. The van der Waals surface area contributed by atoms with Crippen molar-refractivity contribution in [1.82, 2.24) is 5.32 Å². The van der Waals surface area contributed by atoms with E-state index in [1.54, 1.807) is 0 Å². The molecule has 0 amide bonds. The third kappa shape index (κ3) is 4.18. The summed E-state index contributed by atoms with van der Waals surface area (Å²) in [6.45, 7) is 7.12. The summed E-state index contributed by atoms with van der Waals surface area (Å²) in [5, 5.41) is 3.29. The quantitative estimate of drug-likeness (QED) is 0.832. The van der Waals surface area contributed by atoms with Crippen molar-refractivity contribution in [3.05, 3.63) is 29.6 Å². The highest BCUT2D eigenvalue weighted by atomic mass is 19.1. The minimum absolute atomic E-state index is 0.0206. The van der Waals surface area contributed by atoms with Crippen LogP contribution < -0.4 is 10.1 Å². The summed E-state index contributed by atoms with van der Waals surface area (Å²) >= 11 is 0. The molecule has 0 aromatic heterocycles. The van der Waals surface area contributed by atoms with E-state index in [-0.39, 0.29) is 11.9 Å². The molecule has 0 spiro atoms. The van der Waals surface area contributed by atoms with Gasteiger partial charge in [-0.3, -0.25) is 0 Å². The number of benzene rings is 1. The Morgan fingerprint density at radius 1 is 1.50 bits per heavy atom.